The largest absolute Gasteiger partial charge is 0.367 e. The third-order valence-corrected chi connectivity index (χ3v) is 7.70. The zero-order valence-electron chi connectivity index (χ0n) is 20.1. The van der Waals surface area contributed by atoms with Gasteiger partial charge in [-0.3, -0.25) is 4.79 Å². The number of nitrogens with zero attached hydrogens (tertiary/aromatic N) is 2. The number of carbonyl (C=O) groups excluding carboxylic acids is 1. The second-order valence-electron chi connectivity index (χ2n) is 8.88. The molecule has 0 spiro atoms. The van der Waals surface area contributed by atoms with Gasteiger partial charge in [-0.2, -0.15) is 0 Å². The fourth-order valence-electron chi connectivity index (χ4n) is 4.25. The summed E-state index contributed by atoms with van der Waals surface area (Å²) in [5.41, 5.74) is 3.20. The quantitative estimate of drug-likeness (QED) is 0.493. The average molecular weight is 526 g/mol. The first kappa shape index (κ1) is 25.8. The van der Waals surface area contributed by atoms with E-state index in [1.165, 1.54) is 12.1 Å². The van der Waals surface area contributed by atoms with Crippen molar-refractivity contribution in [3.8, 4) is 0 Å². The molecule has 9 heteroatoms. The number of piperazine rings is 1. The van der Waals surface area contributed by atoms with Crippen molar-refractivity contribution < 1.29 is 17.6 Å². The van der Waals surface area contributed by atoms with Gasteiger partial charge >= 0.3 is 0 Å². The van der Waals surface area contributed by atoms with Gasteiger partial charge < -0.3 is 15.1 Å². The van der Waals surface area contributed by atoms with Crippen molar-refractivity contribution >= 4 is 38.6 Å². The second kappa shape index (κ2) is 10.8. The highest BCUT2D eigenvalue weighted by molar-refractivity contribution is 7.90. The fourth-order valence-corrected chi connectivity index (χ4v) is 5.41. The lowest BCUT2D eigenvalue weighted by molar-refractivity contribution is -0.133. The molecule has 1 heterocycles. The minimum atomic E-state index is -3.61. The van der Waals surface area contributed by atoms with Crippen molar-refractivity contribution in [3.63, 3.8) is 0 Å². The molecule has 0 aliphatic carbocycles. The van der Waals surface area contributed by atoms with Crippen molar-refractivity contribution in [2.24, 2.45) is 0 Å². The molecule has 3 aromatic carbocycles. The number of aryl methyl sites for hydroxylation is 1. The summed E-state index contributed by atoms with van der Waals surface area (Å²) in [5.74, 6) is -0.716. The standard InChI is InChI=1S/C27H28FN3O3S2/c1-19-8-10-21(11-9-19)26(35)29-25(20-6-4-3-5-7-20)27(32)31-16-14-30(15-17-31)23-13-12-22(28)18-24(23)36(2,33)34/h3-13,18,25H,14-17H2,1-2H3,(H,29,35)/t25-/m1/s1. The number of sulfone groups is 1. The van der Waals surface area contributed by atoms with Gasteiger partial charge in [0.1, 0.15) is 16.8 Å². The van der Waals surface area contributed by atoms with Crippen LogP contribution >= 0.6 is 12.2 Å². The third kappa shape index (κ3) is 5.91. The summed E-state index contributed by atoms with van der Waals surface area (Å²) in [7, 11) is -3.61. The first-order valence-corrected chi connectivity index (χ1v) is 13.9. The Balaban J connectivity index is 1.52. The molecule has 1 N–H and O–H groups in total. The van der Waals surface area contributed by atoms with Crippen molar-refractivity contribution in [1.29, 1.82) is 0 Å². The summed E-state index contributed by atoms with van der Waals surface area (Å²) in [6.45, 7) is 3.62. The van der Waals surface area contributed by atoms with Crippen LogP contribution in [0, 0.1) is 12.7 Å². The van der Waals surface area contributed by atoms with Gasteiger partial charge in [-0.05, 0) is 30.7 Å². The number of halogens is 1. The van der Waals surface area contributed by atoms with Gasteiger partial charge in [-0.15, -0.1) is 0 Å². The van der Waals surface area contributed by atoms with Gasteiger partial charge in [0, 0.05) is 38.0 Å². The Morgan fingerprint density at radius 3 is 2.22 bits per heavy atom. The van der Waals surface area contributed by atoms with E-state index in [-0.39, 0.29) is 10.8 Å². The maximum Gasteiger partial charge on any atom is 0.249 e. The number of carbonyl (C=O) groups is 1. The number of amides is 1. The minimum Gasteiger partial charge on any atom is -0.367 e. The average Bonchev–Trinajstić information content (AvgIpc) is 2.87. The molecule has 0 bridgehead atoms. The lowest BCUT2D eigenvalue weighted by atomic mass is 10.0. The van der Waals surface area contributed by atoms with E-state index in [0.717, 1.165) is 29.0 Å². The Bertz CT molecular complexity index is 1350. The van der Waals surface area contributed by atoms with Gasteiger partial charge in [0.05, 0.1) is 10.6 Å². The number of anilines is 1. The molecule has 1 atom stereocenters. The van der Waals surface area contributed by atoms with E-state index in [0.29, 0.717) is 36.9 Å². The summed E-state index contributed by atoms with van der Waals surface area (Å²) in [6.07, 6.45) is 1.07. The molecule has 1 saturated heterocycles. The van der Waals surface area contributed by atoms with E-state index in [2.05, 4.69) is 5.32 Å². The molecule has 188 valence electrons. The highest BCUT2D eigenvalue weighted by atomic mass is 32.2. The molecule has 1 aliphatic rings. The van der Waals surface area contributed by atoms with Crippen LogP contribution < -0.4 is 10.2 Å². The first-order valence-electron chi connectivity index (χ1n) is 11.6. The maximum absolute atomic E-state index is 13.8. The molecule has 0 aromatic heterocycles. The smallest absolute Gasteiger partial charge is 0.249 e. The van der Waals surface area contributed by atoms with Crippen LogP contribution in [0.2, 0.25) is 0 Å². The van der Waals surface area contributed by atoms with E-state index in [1.54, 1.807) is 4.90 Å². The topological polar surface area (TPSA) is 69.7 Å². The molecule has 0 saturated carbocycles. The van der Waals surface area contributed by atoms with Crippen LogP contribution in [0.15, 0.2) is 77.7 Å². The number of rotatable bonds is 6. The van der Waals surface area contributed by atoms with E-state index >= 15 is 0 Å². The van der Waals surface area contributed by atoms with Crippen LogP contribution in [-0.4, -0.2) is 56.6 Å². The van der Waals surface area contributed by atoms with Crippen LogP contribution in [0.3, 0.4) is 0 Å². The van der Waals surface area contributed by atoms with Crippen molar-refractivity contribution in [2.45, 2.75) is 17.9 Å². The monoisotopic (exact) mass is 525 g/mol. The van der Waals surface area contributed by atoms with E-state index in [4.69, 9.17) is 12.2 Å². The first-order chi connectivity index (χ1) is 17.1. The second-order valence-corrected chi connectivity index (χ2v) is 11.3. The molecule has 1 aliphatic heterocycles. The van der Waals surface area contributed by atoms with E-state index in [9.17, 15) is 17.6 Å². The number of hydrogen-bond donors (Lipinski definition) is 1. The molecule has 1 fully saturated rings. The highest BCUT2D eigenvalue weighted by Crippen LogP contribution is 2.28. The van der Waals surface area contributed by atoms with E-state index in [1.807, 2.05) is 66.4 Å². The van der Waals surface area contributed by atoms with Gasteiger partial charge in [-0.1, -0.05) is 72.4 Å². The molecule has 4 rings (SSSR count). The zero-order valence-corrected chi connectivity index (χ0v) is 21.8. The van der Waals surface area contributed by atoms with Crippen LogP contribution in [0.4, 0.5) is 10.1 Å². The van der Waals surface area contributed by atoms with Crippen molar-refractivity contribution in [3.05, 3.63) is 95.3 Å². The van der Waals surface area contributed by atoms with Crippen LogP contribution in [-0.2, 0) is 14.6 Å². The lowest BCUT2D eigenvalue weighted by Crippen LogP contribution is -2.52. The minimum absolute atomic E-state index is 0.0467. The summed E-state index contributed by atoms with van der Waals surface area (Å²) >= 11 is 5.63. The Hall–Kier alpha value is -3.30. The van der Waals surface area contributed by atoms with Gasteiger partial charge in [0.2, 0.25) is 5.91 Å². The molecule has 36 heavy (non-hydrogen) atoms. The molecule has 3 aromatic rings. The molecule has 0 radical (unpaired) electrons. The fraction of sp³-hybridized carbons (Fsp3) is 0.259. The summed E-state index contributed by atoms with van der Waals surface area (Å²) in [6, 6.07) is 20.4. The Morgan fingerprint density at radius 1 is 0.972 bits per heavy atom. The van der Waals surface area contributed by atoms with Gasteiger partial charge in [0.25, 0.3) is 0 Å². The highest BCUT2D eigenvalue weighted by Gasteiger charge is 2.30. The maximum atomic E-state index is 13.8. The number of benzene rings is 3. The van der Waals surface area contributed by atoms with Gasteiger partial charge in [0.15, 0.2) is 9.84 Å². The van der Waals surface area contributed by atoms with Crippen molar-refractivity contribution in [2.75, 3.05) is 37.3 Å². The van der Waals surface area contributed by atoms with Crippen LogP contribution in [0.1, 0.15) is 22.7 Å². The summed E-state index contributed by atoms with van der Waals surface area (Å²) in [4.78, 5) is 17.7. The van der Waals surface area contributed by atoms with Crippen LogP contribution in [0.5, 0.6) is 0 Å². The van der Waals surface area contributed by atoms with Crippen molar-refractivity contribution in [1.82, 2.24) is 10.2 Å². The van der Waals surface area contributed by atoms with Crippen LogP contribution in [0.25, 0.3) is 0 Å². The Labute approximate surface area is 216 Å². The SMILES string of the molecule is Cc1ccc(C(=S)N[C@@H](C(=O)N2CCN(c3ccc(F)cc3S(C)(=O)=O)CC2)c2ccccc2)cc1. The third-order valence-electron chi connectivity index (χ3n) is 6.22. The predicted molar refractivity (Wildman–Crippen MR) is 144 cm³/mol. The molecule has 6 nitrogen and oxygen atoms in total. The molecule has 1 amide bonds. The normalized spacial score (nSPS) is 14.9. The molecular weight excluding hydrogens is 497 g/mol. The Morgan fingerprint density at radius 2 is 1.61 bits per heavy atom. The number of hydrogen-bond acceptors (Lipinski definition) is 5. The summed E-state index contributed by atoms with van der Waals surface area (Å²) < 4.78 is 38.2. The Kier molecular flexibility index (Phi) is 7.70. The number of thiocarbonyl (C=S) groups is 1. The molecular formula is C27H28FN3O3S2. The predicted octanol–water partition coefficient (Wildman–Crippen LogP) is 3.89. The zero-order chi connectivity index (χ0) is 25.9. The van der Waals surface area contributed by atoms with Gasteiger partial charge in [-0.25, -0.2) is 12.8 Å². The lowest BCUT2D eigenvalue weighted by Gasteiger charge is -2.38. The summed E-state index contributed by atoms with van der Waals surface area (Å²) in [5, 5.41) is 3.25. The van der Waals surface area contributed by atoms with E-state index < -0.39 is 21.7 Å². The number of nitrogens with one attached hydrogen (secondary N) is 1. The molecule has 0 unspecified atom stereocenters.